The Bertz CT molecular complexity index is 1060. The largest absolute Gasteiger partial charge is 0.419 e. The molecule has 3 heterocycles. The summed E-state index contributed by atoms with van der Waals surface area (Å²) in [4.78, 5) is 33.3. The van der Waals surface area contributed by atoms with Crippen molar-refractivity contribution in [1.29, 1.82) is 0 Å². The number of terminal acetylenes is 1. The van der Waals surface area contributed by atoms with E-state index in [1.165, 1.54) is 0 Å². The van der Waals surface area contributed by atoms with Gasteiger partial charge in [-0.2, -0.15) is 0 Å². The fraction of sp³-hybridized carbons (Fsp3) is 0.409. The third-order valence-corrected chi connectivity index (χ3v) is 5.29. The van der Waals surface area contributed by atoms with E-state index in [0.717, 1.165) is 49.7 Å². The van der Waals surface area contributed by atoms with Gasteiger partial charge in [-0.05, 0) is 19.2 Å². The van der Waals surface area contributed by atoms with Crippen LogP contribution in [0.25, 0.3) is 11.0 Å². The van der Waals surface area contributed by atoms with E-state index >= 15 is 0 Å². The molecule has 31 heavy (non-hydrogen) atoms. The molecule has 2 aromatic rings. The highest BCUT2D eigenvalue weighted by Gasteiger charge is 2.24. The van der Waals surface area contributed by atoms with E-state index in [9.17, 15) is 9.59 Å². The first-order valence-corrected chi connectivity index (χ1v) is 10.1. The van der Waals surface area contributed by atoms with E-state index in [4.69, 9.17) is 25.6 Å². The molecule has 1 aromatic heterocycles. The van der Waals surface area contributed by atoms with Crippen molar-refractivity contribution in [3.63, 3.8) is 0 Å². The van der Waals surface area contributed by atoms with Gasteiger partial charge in [0, 0.05) is 44.9 Å². The first-order valence-electron chi connectivity index (χ1n) is 10.1. The van der Waals surface area contributed by atoms with Crippen LogP contribution in [0.5, 0.6) is 11.5 Å². The molecule has 0 saturated carbocycles. The summed E-state index contributed by atoms with van der Waals surface area (Å²) in [6.07, 6.45) is 7.35. The summed E-state index contributed by atoms with van der Waals surface area (Å²) < 4.78 is 18.3. The molecule has 4 rings (SSSR count). The van der Waals surface area contributed by atoms with Gasteiger partial charge >= 0.3 is 11.9 Å². The topological polar surface area (TPSA) is 86.1 Å². The van der Waals surface area contributed by atoms with Gasteiger partial charge in [-0.3, -0.25) is 4.90 Å². The van der Waals surface area contributed by atoms with Crippen molar-refractivity contribution < 1.29 is 23.8 Å². The lowest BCUT2D eigenvalue weighted by Crippen LogP contribution is -2.44. The van der Waals surface area contributed by atoms with Crippen LogP contribution in [0.4, 0.5) is 0 Å². The number of nitrogens with zero attached hydrogens (tertiary/aromatic N) is 4. The number of likely N-dealkylation sites (N-methyl/N-ethyl adjacent to an activating group) is 1. The second-order valence-electron chi connectivity index (χ2n) is 7.45. The van der Waals surface area contributed by atoms with Gasteiger partial charge in [0.15, 0.2) is 5.75 Å². The zero-order valence-electron chi connectivity index (χ0n) is 17.4. The second kappa shape index (κ2) is 9.31. The van der Waals surface area contributed by atoms with E-state index in [-0.39, 0.29) is 18.1 Å². The lowest BCUT2D eigenvalue weighted by molar-refractivity contribution is -0.133. The lowest BCUT2D eigenvalue weighted by atomic mass is 10.2. The molecule has 162 valence electrons. The van der Waals surface area contributed by atoms with Crippen LogP contribution in [0.2, 0.25) is 0 Å². The third kappa shape index (κ3) is 4.77. The summed E-state index contributed by atoms with van der Waals surface area (Å²) in [5.74, 6) is 2.28. The van der Waals surface area contributed by atoms with Crippen molar-refractivity contribution in [1.82, 2.24) is 19.4 Å². The molecule has 0 unspecified atom stereocenters. The Morgan fingerprint density at radius 1 is 1.13 bits per heavy atom. The molecule has 0 atom stereocenters. The fourth-order valence-corrected chi connectivity index (χ4v) is 3.65. The molecule has 0 spiro atoms. The molecule has 1 saturated heterocycles. The van der Waals surface area contributed by atoms with Crippen molar-refractivity contribution in [2.75, 3.05) is 46.4 Å². The Labute approximate surface area is 180 Å². The smallest absolute Gasteiger partial charge is 0.336 e. The Kier molecular flexibility index (Phi) is 6.32. The normalized spacial score (nSPS) is 18.6. The number of aromatic nitrogens is 2. The van der Waals surface area contributed by atoms with Gasteiger partial charge in [0.1, 0.15) is 17.9 Å². The van der Waals surface area contributed by atoms with Gasteiger partial charge < -0.3 is 23.7 Å². The highest BCUT2D eigenvalue weighted by Crippen LogP contribution is 2.37. The Morgan fingerprint density at radius 2 is 1.87 bits per heavy atom. The first-order chi connectivity index (χ1) is 15.0. The average molecular weight is 424 g/mol. The zero-order valence-corrected chi connectivity index (χ0v) is 17.4. The third-order valence-electron chi connectivity index (χ3n) is 5.29. The molecule has 2 aliphatic heterocycles. The van der Waals surface area contributed by atoms with Crippen LogP contribution in [0.1, 0.15) is 5.82 Å². The number of fused-ring (bicyclic) bond motifs is 3. The summed E-state index contributed by atoms with van der Waals surface area (Å²) in [5.41, 5.74) is 1.23. The zero-order chi connectivity index (χ0) is 21.8. The minimum absolute atomic E-state index is 0.142. The molecular weight excluding hydrogens is 400 g/mol. The van der Waals surface area contributed by atoms with Crippen molar-refractivity contribution >= 4 is 23.0 Å². The van der Waals surface area contributed by atoms with Crippen LogP contribution in [0.15, 0.2) is 24.3 Å². The maximum atomic E-state index is 12.1. The van der Waals surface area contributed by atoms with Crippen LogP contribution >= 0.6 is 0 Å². The predicted octanol–water partition coefficient (Wildman–Crippen LogP) is 0.814. The standard InChI is InChI=1S/C22H24N4O5/c1-3-13-29-14-12-26-16-4-5-17-22(31-20(28)7-6-19(27)30-17)21(16)23-18(26)15-25-10-8-24(2)9-11-25/h1,4-7H,8-15H2,2H3/b7-6+. The summed E-state index contributed by atoms with van der Waals surface area (Å²) in [6.45, 7) is 5.66. The van der Waals surface area contributed by atoms with Gasteiger partial charge in [-0.15, -0.1) is 6.42 Å². The maximum Gasteiger partial charge on any atom is 0.336 e. The summed E-state index contributed by atoms with van der Waals surface area (Å²) in [5, 5.41) is 0. The van der Waals surface area contributed by atoms with Crippen molar-refractivity contribution in [2.45, 2.75) is 13.1 Å². The predicted molar refractivity (Wildman–Crippen MR) is 113 cm³/mol. The molecule has 0 amide bonds. The number of piperazine rings is 1. The number of hydrogen-bond acceptors (Lipinski definition) is 8. The number of benzene rings is 1. The van der Waals surface area contributed by atoms with Gasteiger partial charge in [0.25, 0.3) is 0 Å². The molecular formula is C22H24N4O5. The Hall–Kier alpha value is -3.19. The van der Waals surface area contributed by atoms with Gasteiger partial charge in [-0.25, -0.2) is 14.6 Å². The molecule has 0 bridgehead atoms. The maximum absolute atomic E-state index is 12.1. The van der Waals surface area contributed by atoms with Crippen molar-refractivity contribution in [3.05, 3.63) is 30.1 Å². The van der Waals surface area contributed by atoms with Crippen LogP contribution in [-0.4, -0.2) is 77.7 Å². The number of rotatable bonds is 6. The molecule has 2 aliphatic rings. The molecule has 1 fully saturated rings. The Balaban J connectivity index is 1.71. The number of esters is 2. The van der Waals surface area contributed by atoms with Gasteiger partial charge in [0.2, 0.25) is 5.75 Å². The molecule has 1 aromatic carbocycles. The van der Waals surface area contributed by atoms with Crippen LogP contribution in [-0.2, 0) is 27.4 Å². The monoisotopic (exact) mass is 424 g/mol. The van der Waals surface area contributed by atoms with E-state index in [0.29, 0.717) is 25.2 Å². The van der Waals surface area contributed by atoms with Crippen molar-refractivity contribution in [2.24, 2.45) is 0 Å². The van der Waals surface area contributed by atoms with Gasteiger partial charge in [-0.1, -0.05) is 5.92 Å². The highest BCUT2D eigenvalue weighted by atomic mass is 16.6. The van der Waals surface area contributed by atoms with E-state index in [1.807, 2.05) is 10.6 Å². The minimum Gasteiger partial charge on any atom is -0.419 e. The SMILES string of the molecule is C#CCOCCn1c(CN2CCN(C)CC2)nc2c3c(ccc21)OC(=O)/C=C/C(=O)O3. The number of imidazole rings is 1. The van der Waals surface area contributed by atoms with Crippen LogP contribution in [0, 0.1) is 12.3 Å². The number of carbonyl (C=O) groups is 2. The number of carbonyl (C=O) groups excluding carboxylic acids is 2. The quantitative estimate of drug-likeness (QED) is 0.292. The van der Waals surface area contributed by atoms with E-state index < -0.39 is 11.9 Å². The van der Waals surface area contributed by atoms with Crippen molar-refractivity contribution in [3.8, 4) is 23.8 Å². The lowest BCUT2D eigenvalue weighted by Gasteiger charge is -2.32. The number of ether oxygens (including phenoxy) is 3. The van der Waals surface area contributed by atoms with Crippen LogP contribution in [0.3, 0.4) is 0 Å². The van der Waals surface area contributed by atoms with E-state index in [2.05, 4.69) is 22.8 Å². The highest BCUT2D eigenvalue weighted by molar-refractivity contribution is 5.98. The molecule has 0 aliphatic carbocycles. The summed E-state index contributed by atoms with van der Waals surface area (Å²) >= 11 is 0. The second-order valence-corrected chi connectivity index (χ2v) is 7.45. The molecule has 9 nitrogen and oxygen atoms in total. The summed E-state index contributed by atoms with van der Waals surface area (Å²) in [6, 6.07) is 3.42. The van der Waals surface area contributed by atoms with E-state index in [1.54, 1.807) is 6.07 Å². The van der Waals surface area contributed by atoms with Gasteiger partial charge in [0.05, 0.1) is 18.7 Å². The average Bonchev–Trinajstić information content (AvgIpc) is 3.09. The molecule has 0 radical (unpaired) electrons. The number of hydrogen-bond donors (Lipinski definition) is 0. The fourth-order valence-electron chi connectivity index (χ4n) is 3.65. The molecule has 9 heteroatoms. The minimum atomic E-state index is -0.655. The Morgan fingerprint density at radius 3 is 2.61 bits per heavy atom. The first kappa shape index (κ1) is 21.1. The molecule has 0 N–H and O–H groups in total. The summed E-state index contributed by atoms with van der Waals surface area (Å²) in [7, 11) is 2.11. The van der Waals surface area contributed by atoms with Crippen LogP contribution < -0.4 is 9.47 Å².